The van der Waals surface area contributed by atoms with Gasteiger partial charge in [0.15, 0.2) is 0 Å². The molecule has 1 saturated carbocycles. The van der Waals surface area contributed by atoms with Crippen molar-refractivity contribution in [3.8, 4) is 5.75 Å². The topological polar surface area (TPSA) is 52.3 Å². The number of hydrogen-bond donors (Lipinski definition) is 1. The standard InChI is InChI=1S/C12H17NO2S/c1-15-11-4-2-3-5-12(11)16(14)8-10(13)9-6-7-9/h2-5,9-10H,6-8,13H2,1H3. The van der Waals surface area contributed by atoms with Crippen LogP contribution >= 0.6 is 0 Å². The predicted octanol–water partition coefficient (Wildman–Crippen LogP) is 1.54. The van der Waals surface area contributed by atoms with Crippen molar-refractivity contribution < 1.29 is 8.95 Å². The lowest BCUT2D eigenvalue weighted by Gasteiger charge is -2.12. The van der Waals surface area contributed by atoms with Crippen LogP contribution in [0.1, 0.15) is 12.8 Å². The van der Waals surface area contributed by atoms with Gasteiger partial charge in [-0.3, -0.25) is 4.21 Å². The predicted molar refractivity (Wildman–Crippen MR) is 65.0 cm³/mol. The number of para-hydroxylation sites is 1. The van der Waals surface area contributed by atoms with Gasteiger partial charge < -0.3 is 10.5 Å². The van der Waals surface area contributed by atoms with Gasteiger partial charge >= 0.3 is 0 Å². The van der Waals surface area contributed by atoms with E-state index in [4.69, 9.17) is 10.5 Å². The summed E-state index contributed by atoms with van der Waals surface area (Å²) in [6, 6.07) is 7.48. The second-order valence-electron chi connectivity index (χ2n) is 4.16. The molecule has 4 heteroatoms. The summed E-state index contributed by atoms with van der Waals surface area (Å²) in [5.41, 5.74) is 5.97. The minimum atomic E-state index is -1.06. The lowest BCUT2D eigenvalue weighted by Crippen LogP contribution is -2.29. The maximum absolute atomic E-state index is 12.1. The molecule has 0 saturated heterocycles. The normalized spacial score (nSPS) is 19.1. The van der Waals surface area contributed by atoms with E-state index in [1.165, 1.54) is 12.8 Å². The van der Waals surface area contributed by atoms with E-state index in [9.17, 15) is 4.21 Å². The van der Waals surface area contributed by atoms with Crippen molar-refractivity contribution in [1.29, 1.82) is 0 Å². The number of hydrogen-bond acceptors (Lipinski definition) is 3. The molecule has 16 heavy (non-hydrogen) atoms. The van der Waals surface area contributed by atoms with Crippen LogP contribution in [0.2, 0.25) is 0 Å². The number of nitrogens with two attached hydrogens (primary N) is 1. The highest BCUT2D eigenvalue weighted by atomic mass is 32.2. The van der Waals surface area contributed by atoms with Crippen molar-refractivity contribution in [2.75, 3.05) is 12.9 Å². The van der Waals surface area contributed by atoms with Gasteiger partial charge in [-0.25, -0.2) is 0 Å². The second kappa shape index (κ2) is 4.97. The summed E-state index contributed by atoms with van der Waals surface area (Å²) in [5, 5.41) is 0. The molecule has 1 aromatic rings. The summed E-state index contributed by atoms with van der Waals surface area (Å²) >= 11 is 0. The van der Waals surface area contributed by atoms with Crippen molar-refractivity contribution in [1.82, 2.24) is 0 Å². The third kappa shape index (κ3) is 2.62. The van der Waals surface area contributed by atoms with Gasteiger partial charge in [-0.1, -0.05) is 12.1 Å². The van der Waals surface area contributed by atoms with E-state index in [-0.39, 0.29) is 6.04 Å². The van der Waals surface area contributed by atoms with Gasteiger partial charge in [-0.15, -0.1) is 0 Å². The first-order chi connectivity index (χ1) is 7.72. The summed E-state index contributed by atoms with van der Waals surface area (Å²) in [6.45, 7) is 0. The Kier molecular flexibility index (Phi) is 3.61. The highest BCUT2D eigenvalue weighted by Gasteiger charge is 2.30. The van der Waals surface area contributed by atoms with Crippen LogP contribution in [0.15, 0.2) is 29.2 Å². The van der Waals surface area contributed by atoms with Crippen LogP contribution in [0.25, 0.3) is 0 Å². The Labute approximate surface area is 98.4 Å². The molecule has 3 nitrogen and oxygen atoms in total. The summed E-state index contributed by atoms with van der Waals surface area (Å²) in [6.07, 6.45) is 2.37. The second-order valence-corrected chi connectivity index (χ2v) is 5.63. The molecule has 1 fully saturated rings. The highest BCUT2D eigenvalue weighted by Crippen LogP contribution is 2.32. The molecule has 0 aliphatic heterocycles. The lowest BCUT2D eigenvalue weighted by atomic mass is 10.2. The van der Waals surface area contributed by atoms with Crippen molar-refractivity contribution in [2.45, 2.75) is 23.8 Å². The van der Waals surface area contributed by atoms with E-state index >= 15 is 0 Å². The summed E-state index contributed by atoms with van der Waals surface area (Å²) in [7, 11) is 0.539. The zero-order chi connectivity index (χ0) is 11.5. The molecule has 1 aliphatic carbocycles. The highest BCUT2D eigenvalue weighted by molar-refractivity contribution is 7.85. The van der Waals surface area contributed by atoms with Crippen LogP contribution in [-0.2, 0) is 10.8 Å². The number of rotatable bonds is 5. The molecule has 0 bridgehead atoms. The molecule has 2 N–H and O–H groups in total. The Morgan fingerprint density at radius 1 is 1.50 bits per heavy atom. The van der Waals surface area contributed by atoms with Crippen LogP contribution in [0.5, 0.6) is 5.75 Å². The molecule has 0 amide bonds. The summed E-state index contributed by atoms with van der Waals surface area (Å²) in [4.78, 5) is 0.751. The number of benzene rings is 1. The van der Waals surface area contributed by atoms with E-state index in [1.807, 2.05) is 24.3 Å². The summed E-state index contributed by atoms with van der Waals surface area (Å²) < 4.78 is 17.3. The van der Waals surface area contributed by atoms with E-state index in [0.29, 0.717) is 17.4 Å². The average Bonchev–Trinajstić information content (AvgIpc) is 3.12. The van der Waals surface area contributed by atoms with Gasteiger partial charge in [-0.2, -0.15) is 0 Å². The Balaban J connectivity index is 2.07. The maximum atomic E-state index is 12.1. The minimum absolute atomic E-state index is 0.0609. The van der Waals surface area contributed by atoms with Crippen LogP contribution < -0.4 is 10.5 Å². The fourth-order valence-electron chi connectivity index (χ4n) is 1.73. The first-order valence-corrected chi connectivity index (χ1v) is 6.81. The minimum Gasteiger partial charge on any atom is -0.495 e. The van der Waals surface area contributed by atoms with E-state index < -0.39 is 10.8 Å². The monoisotopic (exact) mass is 239 g/mol. The molecule has 2 rings (SSSR count). The third-order valence-corrected chi connectivity index (χ3v) is 4.40. The number of ether oxygens (including phenoxy) is 1. The van der Waals surface area contributed by atoms with Crippen LogP contribution in [-0.4, -0.2) is 23.1 Å². The molecular formula is C12H17NO2S. The van der Waals surface area contributed by atoms with Gasteiger partial charge in [0, 0.05) is 11.8 Å². The fraction of sp³-hybridized carbons (Fsp3) is 0.500. The molecule has 1 aromatic carbocycles. The molecule has 0 heterocycles. The number of methoxy groups -OCH3 is 1. The van der Waals surface area contributed by atoms with Gasteiger partial charge in [0.25, 0.3) is 0 Å². The van der Waals surface area contributed by atoms with Crippen molar-refractivity contribution in [3.63, 3.8) is 0 Å². The quantitative estimate of drug-likeness (QED) is 0.848. The first kappa shape index (κ1) is 11.6. The molecule has 0 aromatic heterocycles. The largest absolute Gasteiger partial charge is 0.495 e. The summed E-state index contributed by atoms with van der Waals surface area (Å²) in [5.74, 6) is 1.80. The smallest absolute Gasteiger partial charge is 0.134 e. The Morgan fingerprint density at radius 2 is 2.19 bits per heavy atom. The van der Waals surface area contributed by atoms with E-state index in [2.05, 4.69) is 0 Å². The van der Waals surface area contributed by atoms with Crippen LogP contribution in [0.3, 0.4) is 0 Å². The van der Waals surface area contributed by atoms with Gasteiger partial charge in [0.1, 0.15) is 5.75 Å². The third-order valence-electron chi connectivity index (χ3n) is 2.89. The fourth-order valence-corrected chi connectivity index (χ4v) is 3.14. The molecule has 0 spiro atoms. The van der Waals surface area contributed by atoms with E-state index in [1.54, 1.807) is 7.11 Å². The van der Waals surface area contributed by atoms with Gasteiger partial charge in [0.2, 0.25) is 0 Å². The van der Waals surface area contributed by atoms with Crippen LogP contribution in [0.4, 0.5) is 0 Å². The van der Waals surface area contributed by atoms with Gasteiger partial charge in [-0.05, 0) is 30.9 Å². The maximum Gasteiger partial charge on any atom is 0.134 e. The first-order valence-electron chi connectivity index (χ1n) is 5.49. The zero-order valence-corrected chi connectivity index (χ0v) is 10.2. The van der Waals surface area contributed by atoms with Gasteiger partial charge in [0.05, 0.1) is 22.8 Å². The van der Waals surface area contributed by atoms with E-state index in [0.717, 1.165) is 4.90 Å². The van der Waals surface area contributed by atoms with Crippen molar-refractivity contribution >= 4 is 10.8 Å². The molecule has 0 radical (unpaired) electrons. The Hall–Kier alpha value is -0.870. The molecular weight excluding hydrogens is 222 g/mol. The van der Waals surface area contributed by atoms with Crippen molar-refractivity contribution in [2.24, 2.45) is 11.7 Å². The SMILES string of the molecule is COc1ccccc1S(=O)CC(N)C1CC1. The molecule has 2 unspecified atom stereocenters. The molecule has 2 atom stereocenters. The zero-order valence-electron chi connectivity index (χ0n) is 9.39. The van der Waals surface area contributed by atoms with Crippen molar-refractivity contribution in [3.05, 3.63) is 24.3 Å². The van der Waals surface area contributed by atoms with Crippen LogP contribution in [0, 0.1) is 5.92 Å². The Morgan fingerprint density at radius 3 is 2.81 bits per heavy atom. The molecule has 1 aliphatic rings. The molecule has 88 valence electrons. The lowest BCUT2D eigenvalue weighted by molar-refractivity contribution is 0.404. The average molecular weight is 239 g/mol. The Bertz CT molecular complexity index is 390.